The summed E-state index contributed by atoms with van der Waals surface area (Å²) in [5.41, 5.74) is 4.72. The van der Waals surface area contributed by atoms with Crippen molar-refractivity contribution in [3.05, 3.63) is 77.4 Å². The lowest BCUT2D eigenvalue weighted by molar-refractivity contribution is -0.118. The second-order valence-corrected chi connectivity index (χ2v) is 8.14. The number of hydrogen-bond donors (Lipinski definition) is 2. The molecule has 8 heteroatoms. The summed E-state index contributed by atoms with van der Waals surface area (Å²) in [6, 6.07) is 15.7. The first-order chi connectivity index (χ1) is 14.9. The molecular weight excluding hydrogens is 415 g/mol. The van der Waals surface area contributed by atoms with Crippen LogP contribution in [-0.2, 0) is 16.0 Å². The third-order valence-corrected chi connectivity index (χ3v) is 5.45. The molecule has 2 aromatic carbocycles. The topological polar surface area (TPSA) is 76.0 Å². The number of carbonyl (C=O) groups is 2. The number of anilines is 1. The molecule has 2 amide bonds. The van der Waals surface area contributed by atoms with Crippen LogP contribution in [0, 0.1) is 19.7 Å². The predicted molar refractivity (Wildman–Crippen MR) is 122 cm³/mol. The van der Waals surface area contributed by atoms with Crippen molar-refractivity contribution in [1.82, 2.24) is 15.1 Å². The van der Waals surface area contributed by atoms with E-state index >= 15 is 0 Å². The van der Waals surface area contributed by atoms with Crippen LogP contribution in [0.5, 0.6) is 0 Å². The maximum atomic E-state index is 12.9. The van der Waals surface area contributed by atoms with Gasteiger partial charge < -0.3 is 10.6 Å². The predicted octanol–water partition coefficient (Wildman–Crippen LogP) is 3.66. The van der Waals surface area contributed by atoms with Crippen LogP contribution in [0.3, 0.4) is 0 Å². The minimum Gasteiger partial charge on any atom is -0.355 e. The Morgan fingerprint density at radius 1 is 1.00 bits per heavy atom. The summed E-state index contributed by atoms with van der Waals surface area (Å²) in [5, 5.41) is 10.0. The van der Waals surface area contributed by atoms with Crippen molar-refractivity contribution in [2.24, 2.45) is 0 Å². The van der Waals surface area contributed by atoms with E-state index in [1.807, 2.05) is 48.9 Å². The first-order valence-corrected chi connectivity index (χ1v) is 11.1. The van der Waals surface area contributed by atoms with Gasteiger partial charge in [-0.05, 0) is 68.3 Å². The standard InChI is InChI=1S/C23H25FN4O2S/c1-16-13-17(2)28(27-16)21-9-3-18(4-10-21)11-12-25-22(29)14-31-15-23(30)26-20-7-5-19(24)6-8-20/h3-10,13H,11-12,14-15H2,1-2H3,(H,25,29)(H,26,30). The van der Waals surface area contributed by atoms with Crippen LogP contribution in [0.15, 0.2) is 54.6 Å². The van der Waals surface area contributed by atoms with Gasteiger partial charge in [-0.25, -0.2) is 9.07 Å². The zero-order valence-corrected chi connectivity index (χ0v) is 18.3. The minimum absolute atomic E-state index is 0.112. The van der Waals surface area contributed by atoms with Gasteiger partial charge in [-0.15, -0.1) is 11.8 Å². The van der Waals surface area contributed by atoms with Gasteiger partial charge in [-0.1, -0.05) is 12.1 Å². The number of carbonyl (C=O) groups excluding carboxylic acids is 2. The molecule has 162 valence electrons. The molecular formula is C23H25FN4O2S. The van der Waals surface area contributed by atoms with Crippen molar-refractivity contribution >= 4 is 29.3 Å². The smallest absolute Gasteiger partial charge is 0.234 e. The number of benzene rings is 2. The Balaban J connectivity index is 1.34. The summed E-state index contributed by atoms with van der Waals surface area (Å²) >= 11 is 1.23. The minimum atomic E-state index is -0.358. The Morgan fingerprint density at radius 2 is 1.68 bits per heavy atom. The number of aromatic nitrogens is 2. The molecule has 3 rings (SSSR count). The molecule has 0 bridgehead atoms. The second kappa shape index (κ2) is 10.8. The average Bonchev–Trinajstić information content (AvgIpc) is 3.08. The molecule has 0 unspecified atom stereocenters. The van der Waals surface area contributed by atoms with Crippen LogP contribution in [0.1, 0.15) is 17.0 Å². The molecule has 0 atom stereocenters. The Labute approximate surface area is 185 Å². The largest absolute Gasteiger partial charge is 0.355 e. The molecule has 0 fully saturated rings. The molecule has 0 aliphatic rings. The lowest BCUT2D eigenvalue weighted by atomic mass is 10.1. The number of nitrogens with one attached hydrogen (secondary N) is 2. The number of aryl methyl sites for hydroxylation is 2. The molecule has 0 spiro atoms. The number of thioether (sulfide) groups is 1. The molecule has 0 saturated carbocycles. The first-order valence-electron chi connectivity index (χ1n) is 9.93. The first kappa shape index (κ1) is 22.6. The quantitative estimate of drug-likeness (QED) is 0.533. The van der Waals surface area contributed by atoms with Crippen LogP contribution in [0.25, 0.3) is 5.69 Å². The van der Waals surface area contributed by atoms with E-state index in [4.69, 9.17) is 0 Å². The molecule has 1 heterocycles. The zero-order valence-electron chi connectivity index (χ0n) is 17.5. The third-order valence-electron chi connectivity index (χ3n) is 4.52. The van der Waals surface area contributed by atoms with Gasteiger partial charge in [0, 0.05) is 17.9 Å². The third kappa shape index (κ3) is 6.96. The number of rotatable bonds is 9. The van der Waals surface area contributed by atoms with Gasteiger partial charge in [-0.2, -0.15) is 5.10 Å². The Hall–Kier alpha value is -3.13. The van der Waals surface area contributed by atoms with Crippen molar-refractivity contribution < 1.29 is 14.0 Å². The molecule has 31 heavy (non-hydrogen) atoms. The van der Waals surface area contributed by atoms with E-state index in [-0.39, 0.29) is 29.1 Å². The van der Waals surface area contributed by atoms with Crippen molar-refractivity contribution in [2.75, 3.05) is 23.4 Å². The molecule has 3 aromatic rings. The Morgan fingerprint density at radius 3 is 2.32 bits per heavy atom. The van der Waals surface area contributed by atoms with Gasteiger partial charge in [-0.3, -0.25) is 9.59 Å². The maximum absolute atomic E-state index is 12.9. The van der Waals surface area contributed by atoms with E-state index in [0.29, 0.717) is 12.2 Å². The van der Waals surface area contributed by atoms with E-state index in [1.165, 1.54) is 36.0 Å². The molecule has 0 saturated heterocycles. The summed E-state index contributed by atoms with van der Waals surface area (Å²) in [6.07, 6.45) is 0.721. The lowest BCUT2D eigenvalue weighted by Crippen LogP contribution is -2.28. The van der Waals surface area contributed by atoms with Gasteiger partial charge in [0.05, 0.1) is 22.9 Å². The SMILES string of the molecule is Cc1cc(C)n(-c2ccc(CCNC(=O)CSCC(=O)Nc3ccc(F)cc3)cc2)n1. The van der Waals surface area contributed by atoms with Crippen LogP contribution >= 0.6 is 11.8 Å². The van der Waals surface area contributed by atoms with Gasteiger partial charge in [0.2, 0.25) is 11.8 Å². The Kier molecular flexibility index (Phi) is 7.83. The molecule has 0 radical (unpaired) electrons. The van der Waals surface area contributed by atoms with Crippen molar-refractivity contribution in [2.45, 2.75) is 20.3 Å². The van der Waals surface area contributed by atoms with Gasteiger partial charge in [0.25, 0.3) is 0 Å². The van der Waals surface area contributed by atoms with Crippen LogP contribution in [-0.4, -0.2) is 39.6 Å². The highest BCUT2D eigenvalue weighted by atomic mass is 32.2. The van der Waals surface area contributed by atoms with Crippen molar-refractivity contribution in [3.8, 4) is 5.69 Å². The number of hydrogen-bond acceptors (Lipinski definition) is 4. The van der Waals surface area contributed by atoms with Gasteiger partial charge in [0.15, 0.2) is 0 Å². The van der Waals surface area contributed by atoms with Crippen molar-refractivity contribution in [1.29, 1.82) is 0 Å². The van der Waals surface area contributed by atoms with Gasteiger partial charge in [0.1, 0.15) is 5.82 Å². The zero-order chi connectivity index (χ0) is 22.2. The number of halogens is 1. The maximum Gasteiger partial charge on any atom is 0.234 e. The van der Waals surface area contributed by atoms with E-state index < -0.39 is 0 Å². The molecule has 6 nitrogen and oxygen atoms in total. The lowest BCUT2D eigenvalue weighted by Gasteiger charge is -2.08. The summed E-state index contributed by atoms with van der Waals surface area (Å²) in [6.45, 7) is 4.52. The van der Waals surface area contributed by atoms with Crippen LogP contribution in [0.4, 0.5) is 10.1 Å². The van der Waals surface area contributed by atoms with Crippen LogP contribution in [0.2, 0.25) is 0 Å². The van der Waals surface area contributed by atoms with E-state index in [9.17, 15) is 14.0 Å². The van der Waals surface area contributed by atoms with Crippen LogP contribution < -0.4 is 10.6 Å². The normalized spacial score (nSPS) is 10.7. The van der Waals surface area contributed by atoms with Gasteiger partial charge >= 0.3 is 0 Å². The van der Waals surface area contributed by atoms with E-state index in [1.54, 1.807) is 0 Å². The molecule has 2 N–H and O–H groups in total. The highest BCUT2D eigenvalue weighted by Crippen LogP contribution is 2.13. The molecule has 0 aliphatic carbocycles. The highest BCUT2D eigenvalue weighted by Gasteiger charge is 2.07. The fourth-order valence-corrected chi connectivity index (χ4v) is 3.71. The number of amides is 2. The molecule has 1 aromatic heterocycles. The molecule has 0 aliphatic heterocycles. The summed E-state index contributed by atoms with van der Waals surface area (Å²) in [5.74, 6) is -0.347. The Bertz CT molecular complexity index is 1030. The average molecular weight is 441 g/mol. The fourth-order valence-electron chi connectivity index (χ4n) is 3.06. The van der Waals surface area contributed by atoms with E-state index in [2.05, 4.69) is 15.7 Å². The summed E-state index contributed by atoms with van der Waals surface area (Å²) in [7, 11) is 0. The summed E-state index contributed by atoms with van der Waals surface area (Å²) in [4.78, 5) is 23.8. The summed E-state index contributed by atoms with van der Waals surface area (Å²) < 4.78 is 14.8. The second-order valence-electron chi connectivity index (χ2n) is 7.15. The highest BCUT2D eigenvalue weighted by molar-refractivity contribution is 8.00. The monoisotopic (exact) mass is 440 g/mol. The fraction of sp³-hybridized carbons (Fsp3) is 0.261. The number of nitrogens with zero attached hydrogens (tertiary/aromatic N) is 2. The van der Waals surface area contributed by atoms with E-state index in [0.717, 1.165) is 29.1 Å². The van der Waals surface area contributed by atoms with Crippen molar-refractivity contribution in [3.63, 3.8) is 0 Å².